The molecule has 3 aromatic carbocycles. The minimum atomic E-state index is -4.21. The van der Waals surface area contributed by atoms with Gasteiger partial charge in [0.2, 0.25) is 0 Å². The van der Waals surface area contributed by atoms with Crippen molar-refractivity contribution in [2.24, 2.45) is 0 Å². The van der Waals surface area contributed by atoms with Crippen LogP contribution in [0.2, 0.25) is 0 Å². The number of hydrogen-bond donors (Lipinski definition) is 3. The van der Waals surface area contributed by atoms with Gasteiger partial charge in [0.05, 0.1) is 21.2 Å². The summed E-state index contributed by atoms with van der Waals surface area (Å²) in [5.74, 6) is -1.61. The Kier molecular flexibility index (Phi) is 5.94. The number of hydrogen-bond acceptors (Lipinski definition) is 5. The molecule has 152 valence electrons. The number of carbonyl (C=O) groups is 1. The van der Waals surface area contributed by atoms with Crippen LogP contribution in [0.15, 0.2) is 64.4 Å². The number of rotatable bonds is 7. The number of alkyl halides is 2. The summed E-state index contributed by atoms with van der Waals surface area (Å²) in [4.78, 5) is 10.7. The fraction of sp³-hybridized carbons (Fsp3) is 0.105. The topological polar surface area (TPSA) is 104 Å². The van der Waals surface area contributed by atoms with Gasteiger partial charge in [0.1, 0.15) is 5.75 Å². The SMILES string of the molecule is O=C(O)CSc1cc(NS(=O)(=O)c2cccc(C(F)F)c2)c2ccccc2c1O. The van der Waals surface area contributed by atoms with E-state index >= 15 is 0 Å². The maximum Gasteiger partial charge on any atom is 0.313 e. The van der Waals surface area contributed by atoms with Crippen molar-refractivity contribution in [3.63, 3.8) is 0 Å². The number of sulfonamides is 1. The maximum atomic E-state index is 12.9. The van der Waals surface area contributed by atoms with Gasteiger partial charge in [-0.2, -0.15) is 0 Å². The van der Waals surface area contributed by atoms with Crippen LogP contribution in [0.4, 0.5) is 14.5 Å². The molecule has 3 aromatic rings. The van der Waals surface area contributed by atoms with Crippen molar-refractivity contribution in [1.82, 2.24) is 0 Å². The average molecular weight is 439 g/mol. The fourth-order valence-corrected chi connectivity index (χ4v) is 4.54. The number of nitrogens with one attached hydrogen (secondary N) is 1. The molecule has 0 fully saturated rings. The first-order valence-corrected chi connectivity index (χ1v) is 10.7. The number of fused-ring (bicyclic) bond motifs is 1. The Morgan fingerprint density at radius 2 is 1.76 bits per heavy atom. The van der Waals surface area contributed by atoms with Crippen LogP contribution in [0.5, 0.6) is 5.75 Å². The Hall–Kier alpha value is -2.85. The van der Waals surface area contributed by atoms with Crippen LogP contribution >= 0.6 is 11.8 Å². The molecule has 0 saturated carbocycles. The van der Waals surface area contributed by atoms with Crippen LogP contribution in [0.1, 0.15) is 12.0 Å². The molecular weight excluding hydrogens is 424 g/mol. The van der Waals surface area contributed by atoms with Gasteiger partial charge >= 0.3 is 5.97 Å². The number of halogens is 2. The summed E-state index contributed by atoms with van der Waals surface area (Å²) < 4.78 is 53.7. The minimum Gasteiger partial charge on any atom is -0.506 e. The van der Waals surface area contributed by atoms with E-state index in [1.165, 1.54) is 18.2 Å². The zero-order valence-electron chi connectivity index (χ0n) is 14.7. The number of aromatic hydroxyl groups is 1. The van der Waals surface area contributed by atoms with Crippen molar-refractivity contribution in [2.45, 2.75) is 16.2 Å². The van der Waals surface area contributed by atoms with Crippen LogP contribution in [0.3, 0.4) is 0 Å². The lowest BCUT2D eigenvalue weighted by Gasteiger charge is -2.15. The Morgan fingerprint density at radius 3 is 2.41 bits per heavy atom. The molecule has 3 rings (SSSR count). The van der Waals surface area contributed by atoms with Crippen LogP contribution in [-0.4, -0.2) is 30.4 Å². The second-order valence-corrected chi connectivity index (χ2v) is 8.68. The van der Waals surface area contributed by atoms with E-state index in [0.717, 1.165) is 23.9 Å². The van der Waals surface area contributed by atoms with Gasteiger partial charge in [-0.3, -0.25) is 9.52 Å². The molecule has 0 aromatic heterocycles. The van der Waals surface area contributed by atoms with Crippen molar-refractivity contribution in [3.05, 3.63) is 60.2 Å². The molecule has 0 saturated heterocycles. The standard InChI is InChI=1S/C19H15F2NO5S2/c20-19(21)11-4-3-5-12(8-11)29(26,27)22-15-9-16(28-10-17(23)24)18(25)14-7-2-1-6-13(14)15/h1-9,19,22,25H,10H2,(H,23,24). The minimum absolute atomic E-state index is 0.0914. The molecule has 0 bridgehead atoms. The summed E-state index contributed by atoms with van der Waals surface area (Å²) >= 11 is 0.829. The van der Waals surface area contributed by atoms with Gasteiger partial charge in [-0.25, -0.2) is 17.2 Å². The zero-order chi connectivity index (χ0) is 21.2. The number of carboxylic acid groups (broad SMARTS) is 1. The van der Waals surface area contributed by atoms with Gasteiger partial charge < -0.3 is 10.2 Å². The quantitative estimate of drug-likeness (QED) is 0.371. The number of phenolic OH excluding ortho intramolecular Hbond substituents is 1. The van der Waals surface area contributed by atoms with Crippen LogP contribution in [0, 0.1) is 0 Å². The Balaban J connectivity index is 2.08. The molecule has 0 aliphatic heterocycles. The number of anilines is 1. The van der Waals surface area contributed by atoms with Crippen molar-refractivity contribution in [1.29, 1.82) is 0 Å². The second kappa shape index (κ2) is 8.26. The summed E-state index contributed by atoms with van der Waals surface area (Å²) in [6.45, 7) is 0. The molecule has 0 aliphatic rings. The first kappa shape index (κ1) is 20.9. The van der Waals surface area contributed by atoms with Crippen molar-refractivity contribution in [3.8, 4) is 5.75 Å². The van der Waals surface area contributed by atoms with Crippen LogP contribution < -0.4 is 4.72 Å². The highest BCUT2D eigenvalue weighted by Gasteiger charge is 2.20. The number of aliphatic carboxylic acids is 1. The smallest absolute Gasteiger partial charge is 0.313 e. The molecule has 0 radical (unpaired) electrons. The second-order valence-electron chi connectivity index (χ2n) is 5.98. The maximum absolute atomic E-state index is 12.9. The highest BCUT2D eigenvalue weighted by Crippen LogP contribution is 2.40. The van der Waals surface area contributed by atoms with E-state index in [2.05, 4.69) is 4.72 Å². The Bertz CT molecular complexity index is 1180. The first-order chi connectivity index (χ1) is 13.7. The molecule has 0 atom stereocenters. The number of carboxylic acids is 1. The van der Waals surface area contributed by atoms with Gasteiger partial charge in [0.25, 0.3) is 16.4 Å². The lowest BCUT2D eigenvalue weighted by Crippen LogP contribution is -2.13. The summed E-state index contributed by atoms with van der Waals surface area (Å²) in [6, 6.07) is 12.2. The molecule has 0 aliphatic carbocycles. The van der Waals surface area contributed by atoms with Crippen molar-refractivity contribution < 1.29 is 32.2 Å². The van der Waals surface area contributed by atoms with Crippen molar-refractivity contribution >= 4 is 44.2 Å². The van der Waals surface area contributed by atoms with E-state index in [1.807, 2.05) is 0 Å². The lowest BCUT2D eigenvalue weighted by molar-refractivity contribution is -0.133. The third kappa shape index (κ3) is 4.60. The zero-order valence-corrected chi connectivity index (χ0v) is 16.3. The molecule has 0 heterocycles. The van der Waals surface area contributed by atoms with Crippen LogP contribution in [-0.2, 0) is 14.8 Å². The molecule has 0 spiro atoms. The van der Waals surface area contributed by atoms with Crippen molar-refractivity contribution in [2.75, 3.05) is 10.5 Å². The summed E-state index contributed by atoms with van der Waals surface area (Å²) in [7, 11) is -4.21. The summed E-state index contributed by atoms with van der Waals surface area (Å²) in [5.41, 5.74) is -0.338. The largest absolute Gasteiger partial charge is 0.506 e. The average Bonchev–Trinajstić information content (AvgIpc) is 2.69. The molecule has 29 heavy (non-hydrogen) atoms. The highest BCUT2D eigenvalue weighted by molar-refractivity contribution is 8.00. The molecule has 6 nitrogen and oxygen atoms in total. The van der Waals surface area contributed by atoms with E-state index in [1.54, 1.807) is 24.3 Å². The summed E-state index contributed by atoms with van der Waals surface area (Å²) in [5, 5.41) is 20.0. The number of benzene rings is 3. The fourth-order valence-electron chi connectivity index (χ4n) is 2.69. The highest BCUT2D eigenvalue weighted by atomic mass is 32.2. The van der Waals surface area contributed by atoms with E-state index in [9.17, 15) is 27.1 Å². The van der Waals surface area contributed by atoms with E-state index in [-0.39, 0.29) is 27.0 Å². The van der Waals surface area contributed by atoms with Gasteiger partial charge in [-0.1, -0.05) is 36.4 Å². The van der Waals surface area contributed by atoms with E-state index in [0.29, 0.717) is 10.8 Å². The Labute approximate surface area is 169 Å². The first-order valence-electron chi connectivity index (χ1n) is 8.19. The third-order valence-electron chi connectivity index (χ3n) is 4.00. The van der Waals surface area contributed by atoms with Gasteiger partial charge in [-0.05, 0) is 18.2 Å². The summed E-state index contributed by atoms with van der Waals surface area (Å²) in [6.07, 6.45) is -2.82. The molecule has 0 unspecified atom stereocenters. The molecule has 10 heteroatoms. The Morgan fingerprint density at radius 1 is 1.07 bits per heavy atom. The third-order valence-corrected chi connectivity index (χ3v) is 6.37. The van der Waals surface area contributed by atoms with Gasteiger partial charge in [-0.15, -0.1) is 11.8 Å². The molecular formula is C19H15F2NO5S2. The molecule has 3 N–H and O–H groups in total. The predicted molar refractivity (Wildman–Crippen MR) is 106 cm³/mol. The number of phenols is 1. The van der Waals surface area contributed by atoms with Gasteiger partial charge in [0, 0.05) is 16.3 Å². The van der Waals surface area contributed by atoms with Crippen LogP contribution in [0.25, 0.3) is 10.8 Å². The van der Waals surface area contributed by atoms with Gasteiger partial charge in [0.15, 0.2) is 0 Å². The lowest BCUT2D eigenvalue weighted by atomic mass is 10.1. The normalized spacial score (nSPS) is 11.7. The van der Waals surface area contributed by atoms with E-state index < -0.39 is 28.0 Å². The van der Waals surface area contributed by atoms with E-state index in [4.69, 9.17) is 5.11 Å². The monoisotopic (exact) mass is 439 g/mol. The molecule has 0 amide bonds. The predicted octanol–water partition coefficient (Wildman–Crippen LogP) is 4.46. The number of thioether (sulfide) groups is 1.